The molecule has 11 heteroatoms. The van der Waals surface area contributed by atoms with Gasteiger partial charge in [0, 0.05) is 28.1 Å². The summed E-state index contributed by atoms with van der Waals surface area (Å²) in [5.74, 6) is -3.92. The normalized spacial score (nSPS) is 43.3. The Hall–Kier alpha value is -3.02. The zero-order valence-corrected chi connectivity index (χ0v) is 30.0. The number of epoxide rings is 1. The molecular weight excluding hydrogens is 632 g/mol. The molecule has 2 heterocycles. The summed E-state index contributed by atoms with van der Waals surface area (Å²) in [6, 6.07) is 1.86. The fourth-order valence-corrected chi connectivity index (χ4v) is 11.1. The largest absolute Gasteiger partial charge is 0.472 e. The number of hydrogen-bond donors (Lipinski definition) is 2. The minimum Gasteiger partial charge on any atom is -0.472 e. The molecule has 6 rings (SSSR count). The maximum atomic E-state index is 13.9. The van der Waals surface area contributed by atoms with Gasteiger partial charge in [-0.3, -0.25) is 9.59 Å². The number of ketones is 1. The van der Waals surface area contributed by atoms with Gasteiger partial charge in [0.15, 0.2) is 18.0 Å². The molecule has 0 radical (unpaired) electrons. The van der Waals surface area contributed by atoms with Crippen molar-refractivity contribution in [1.82, 2.24) is 0 Å². The molecule has 0 bridgehead atoms. The molecule has 5 aliphatic rings. The van der Waals surface area contributed by atoms with Crippen LogP contribution in [0.5, 0.6) is 0 Å². The Labute approximate surface area is 288 Å². The lowest BCUT2D eigenvalue weighted by Crippen LogP contribution is -2.78. The molecule has 1 aromatic rings. The highest BCUT2D eigenvalue weighted by Crippen LogP contribution is 2.83. The predicted molar refractivity (Wildman–Crippen MR) is 175 cm³/mol. The van der Waals surface area contributed by atoms with Crippen molar-refractivity contribution in [3.05, 3.63) is 36.3 Å². The Morgan fingerprint density at radius 3 is 2.29 bits per heavy atom. The van der Waals surface area contributed by atoms with Crippen molar-refractivity contribution in [3.8, 4) is 0 Å². The Balaban J connectivity index is 1.61. The average Bonchev–Trinajstić information content (AvgIpc) is 3.41. The van der Waals surface area contributed by atoms with Crippen LogP contribution in [0.25, 0.3) is 0 Å². The van der Waals surface area contributed by atoms with Crippen LogP contribution in [0, 0.1) is 45.3 Å². The van der Waals surface area contributed by atoms with Gasteiger partial charge in [-0.15, -0.1) is 0 Å². The van der Waals surface area contributed by atoms with E-state index in [9.17, 15) is 29.4 Å². The number of carbonyl (C=O) groups is 4. The standard InChI is InChI=1S/C38H52O11/c1-10-20(4)28(42)33(44)48-31-29(46-18-39)30-35(7)13-11-24(40)34(5,6)23(35)16-25(47-32(43)27(41)19(2)3)37(30,9)38-26(49-38)15-22(36(31,38)8)21-12-14-45-17-21/h11-14,17-20,22-23,25-31,41-42H,10,15-16H2,1-9H3/t20?,22-,23-,25+,26+,27?,28?,29+,30+,31-,35-,36+,37+,38+/m0/s1. The van der Waals surface area contributed by atoms with E-state index < -0.39 is 93.4 Å². The summed E-state index contributed by atoms with van der Waals surface area (Å²) in [7, 11) is 0. The van der Waals surface area contributed by atoms with E-state index in [2.05, 4.69) is 0 Å². The number of carbonyl (C=O) groups excluding carboxylic acids is 4. The maximum absolute atomic E-state index is 13.9. The second-order valence-corrected chi connectivity index (χ2v) is 16.8. The van der Waals surface area contributed by atoms with E-state index in [4.69, 9.17) is 23.4 Å². The summed E-state index contributed by atoms with van der Waals surface area (Å²) >= 11 is 0. The SMILES string of the molecule is CCC(C)C(O)C(=O)O[C@H]1[C@H](OC=O)[C@@H]2[C@@]3(C)C=CC(=O)C(C)(C)[C@@H]3C[C@@H](OC(=O)C(O)C(C)C)[C@@]2(C)[C@@]23O[C@@H]2C[C@@H](c2ccoc2)[C@]13C. The molecular formula is C38H52O11. The molecule has 1 aliphatic heterocycles. The van der Waals surface area contributed by atoms with Crippen LogP contribution in [-0.2, 0) is 38.1 Å². The molecule has 0 amide bonds. The molecule has 3 saturated carbocycles. The van der Waals surface area contributed by atoms with Crippen LogP contribution >= 0.6 is 0 Å². The molecule has 49 heavy (non-hydrogen) atoms. The third kappa shape index (κ3) is 4.63. The number of esters is 2. The van der Waals surface area contributed by atoms with Crippen LogP contribution in [0.3, 0.4) is 0 Å². The van der Waals surface area contributed by atoms with E-state index in [0.29, 0.717) is 19.3 Å². The zero-order valence-electron chi connectivity index (χ0n) is 30.0. The van der Waals surface area contributed by atoms with Crippen LogP contribution < -0.4 is 0 Å². The van der Waals surface area contributed by atoms with Gasteiger partial charge >= 0.3 is 11.9 Å². The molecule has 0 aromatic carbocycles. The third-order valence-corrected chi connectivity index (χ3v) is 14.0. The number of allylic oxidation sites excluding steroid dienone is 2. The molecule has 14 atom stereocenters. The summed E-state index contributed by atoms with van der Waals surface area (Å²) in [6.45, 7) is 17.2. The number of rotatable bonds is 10. The van der Waals surface area contributed by atoms with E-state index in [1.165, 1.54) is 0 Å². The summed E-state index contributed by atoms with van der Waals surface area (Å²) in [4.78, 5) is 53.6. The van der Waals surface area contributed by atoms with Crippen LogP contribution in [-0.4, -0.2) is 76.6 Å². The molecule has 4 aliphatic carbocycles. The maximum Gasteiger partial charge on any atom is 0.335 e. The van der Waals surface area contributed by atoms with Gasteiger partial charge in [0.1, 0.15) is 23.9 Å². The molecule has 1 saturated heterocycles. The van der Waals surface area contributed by atoms with Gasteiger partial charge in [0.05, 0.1) is 18.6 Å². The molecule has 1 aromatic heterocycles. The molecule has 4 fully saturated rings. The minimum absolute atomic E-state index is 0.0846. The third-order valence-electron chi connectivity index (χ3n) is 14.0. The van der Waals surface area contributed by atoms with E-state index in [0.717, 1.165) is 5.56 Å². The zero-order chi connectivity index (χ0) is 36.1. The lowest BCUT2D eigenvalue weighted by Gasteiger charge is -2.70. The quantitative estimate of drug-likeness (QED) is 0.154. The first-order chi connectivity index (χ1) is 22.9. The Bertz CT molecular complexity index is 1510. The first-order valence-corrected chi connectivity index (χ1v) is 17.7. The van der Waals surface area contributed by atoms with E-state index in [1.807, 2.05) is 53.7 Å². The number of hydrogen-bond acceptors (Lipinski definition) is 11. The second kappa shape index (κ2) is 11.8. The lowest BCUT2D eigenvalue weighted by atomic mass is 9.35. The lowest BCUT2D eigenvalue weighted by molar-refractivity contribution is -0.297. The fourth-order valence-electron chi connectivity index (χ4n) is 11.1. The van der Waals surface area contributed by atoms with E-state index in [1.54, 1.807) is 39.4 Å². The number of aliphatic hydroxyl groups excluding tert-OH is 2. The van der Waals surface area contributed by atoms with Gasteiger partial charge in [0.25, 0.3) is 6.47 Å². The highest BCUT2D eigenvalue weighted by molar-refractivity contribution is 5.95. The number of fused-ring (bicyclic) bond motifs is 3. The molecule has 2 N–H and O–H groups in total. The molecule has 270 valence electrons. The smallest absolute Gasteiger partial charge is 0.335 e. The predicted octanol–water partition coefficient (Wildman–Crippen LogP) is 4.53. The minimum atomic E-state index is -1.42. The van der Waals surface area contributed by atoms with Crippen LogP contribution in [0.2, 0.25) is 0 Å². The van der Waals surface area contributed by atoms with Crippen LogP contribution in [0.15, 0.2) is 35.2 Å². The summed E-state index contributed by atoms with van der Waals surface area (Å²) < 4.78 is 31.3. The first-order valence-electron chi connectivity index (χ1n) is 17.7. The fraction of sp³-hybridized carbons (Fsp3) is 0.737. The van der Waals surface area contributed by atoms with Gasteiger partial charge < -0.3 is 33.6 Å². The summed E-state index contributed by atoms with van der Waals surface area (Å²) in [5.41, 5.74) is -4.16. The summed E-state index contributed by atoms with van der Waals surface area (Å²) in [6.07, 6.45) is 1.72. The number of ether oxygens (including phenoxy) is 4. The Kier molecular flexibility index (Phi) is 8.60. The van der Waals surface area contributed by atoms with Crippen molar-refractivity contribution in [3.63, 3.8) is 0 Å². The number of furan rings is 1. The van der Waals surface area contributed by atoms with Gasteiger partial charge in [-0.05, 0) is 53.7 Å². The van der Waals surface area contributed by atoms with Crippen molar-refractivity contribution in [2.75, 3.05) is 0 Å². The average molecular weight is 685 g/mol. The molecule has 11 nitrogen and oxygen atoms in total. The Morgan fingerprint density at radius 1 is 1.02 bits per heavy atom. The van der Waals surface area contributed by atoms with Crippen molar-refractivity contribution < 1.29 is 52.8 Å². The van der Waals surface area contributed by atoms with E-state index >= 15 is 0 Å². The monoisotopic (exact) mass is 684 g/mol. The molecule has 3 unspecified atom stereocenters. The van der Waals surface area contributed by atoms with Gasteiger partial charge in [-0.1, -0.05) is 74.8 Å². The topological polar surface area (TPSA) is 162 Å². The van der Waals surface area contributed by atoms with Crippen molar-refractivity contribution >= 4 is 24.2 Å². The first kappa shape index (κ1) is 35.8. The van der Waals surface area contributed by atoms with E-state index in [-0.39, 0.29) is 24.2 Å². The van der Waals surface area contributed by atoms with Gasteiger partial charge in [0.2, 0.25) is 0 Å². The van der Waals surface area contributed by atoms with Gasteiger partial charge in [-0.25, -0.2) is 9.59 Å². The van der Waals surface area contributed by atoms with Crippen molar-refractivity contribution in [2.45, 2.75) is 130 Å². The van der Waals surface area contributed by atoms with Gasteiger partial charge in [-0.2, -0.15) is 0 Å². The highest BCUT2D eigenvalue weighted by atomic mass is 16.6. The highest BCUT2D eigenvalue weighted by Gasteiger charge is 2.91. The second-order valence-electron chi connectivity index (χ2n) is 16.8. The Morgan fingerprint density at radius 2 is 1.69 bits per heavy atom. The van der Waals surface area contributed by atoms with Crippen LogP contribution in [0.1, 0.15) is 93.1 Å². The van der Waals surface area contributed by atoms with Crippen LogP contribution in [0.4, 0.5) is 0 Å². The van der Waals surface area contributed by atoms with Crippen molar-refractivity contribution in [2.24, 2.45) is 45.3 Å². The molecule has 1 spiro atoms. The van der Waals surface area contributed by atoms with Crippen molar-refractivity contribution in [1.29, 1.82) is 0 Å². The summed E-state index contributed by atoms with van der Waals surface area (Å²) in [5, 5.41) is 22.0. The number of aliphatic hydroxyl groups is 2.